The van der Waals surface area contributed by atoms with Crippen LogP contribution >= 0.6 is 27.3 Å². The molecule has 4 nitrogen and oxygen atoms in total. The average Bonchev–Trinajstić information content (AvgIpc) is 2.99. The highest BCUT2D eigenvalue weighted by molar-refractivity contribution is 9.11. The Balaban J connectivity index is 1.70. The van der Waals surface area contributed by atoms with Crippen LogP contribution in [0.1, 0.15) is 25.7 Å². The van der Waals surface area contributed by atoms with Gasteiger partial charge in [0, 0.05) is 12.5 Å². The molecule has 19 heavy (non-hydrogen) atoms. The van der Waals surface area contributed by atoms with E-state index in [-0.39, 0.29) is 0 Å². The lowest BCUT2D eigenvalue weighted by Gasteiger charge is -2.14. The van der Waals surface area contributed by atoms with Crippen LogP contribution in [0, 0.1) is 5.92 Å². The van der Waals surface area contributed by atoms with E-state index in [2.05, 4.69) is 38.3 Å². The SMILES string of the molecule is CCNC(Cc1nc(-c2ccc(Br)s2)no1)C1CC1. The van der Waals surface area contributed by atoms with E-state index in [0.29, 0.717) is 11.9 Å². The van der Waals surface area contributed by atoms with Gasteiger partial charge in [-0.1, -0.05) is 12.1 Å². The van der Waals surface area contributed by atoms with E-state index in [1.54, 1.807) is 11.3 Å². The molecule has 1 N–H and O–H groups in total. The number of halogens is 1. The molecule has 1 saturated carbocycles. The molecule has 2 aromatic rings. The van der Waals surface area contributed by atoms with Crippen LogP contribution in [0.15, 0.2) is 20.4 Å². The fraction of sp³-hybridized carbons (Fsp3) is 0.538. The molecule has 6 heteroatoms. The molecular weight excluding hydrogens is 326 g/mol. The molecule has 0 bridgehead atoms. The molecule has 2 aromatic heterocycles. The number of thiophene rings is 1. The Morgan fingerprint density at radius 1 is 1.53 bits per heavy atom. The van der Waals surface area contributed by atoms with Gasteiger partial charge in [0.05, 0.1) is 8.66 Å². The smallest absolute Gasteiger partial charge is 0.228 e. The molecule has 2 heterocycles. The number of nitrogens with one attached hydrogen (secondary N) is 1. The minimum absolute atomic E-state index is 0.480. The van der Waals surface area contributed by atoms with E-state index in [1.165, 1.54) is 12.8 Å². The maximum Gasteiger partial charge on any atom is 0.228 e. The van der Waals surface area contributed by atoms with Crippen molar-refractivity contribution in [1.29, 1.82) is 0 Å². The monoisotopic (exact) mass is 341 g/mol. The van der Waals surface area contributed by atoms with Crippen LogP contribution in [0.3, 0.4) is 0 Å². The quantitative estimate of drug-likeness (QED) is 0.873. The fourth-order valence-electron chi connectivity index (χ4n) is 2.23. The average molecular weight is 342 g/mol. The summed E-state index contributed by atoms with van der Waals surface area (Å²) in [6, 6.07) is 4.49. The lowest BCUT2D eigenvalue weighted by atomic mass is 10.1. The molecule has 1 aliphatic carbocycles. The van der Waals surface area contributed by atoms with Crippen LogP contribution in [-0.4, -0.2) is 22.7 Å². The predicted octanol–water partition coefficient (Wildman–Crippen LogP) is 3.49. The van der Waals surface area contributed by atoms with E-state index >= 15 is 0 Å². The Morgan fingerprint density at radius 2 is 2.37 bits per heavy atom. The van der Waals surface area contributed by atoms with Crippen molar-refractivity contribution in [3.05, 3.63) is 21.8 Å². The third kappa shape index (κ3) is 3.24. The maximum absolute atomic E-state index is 5.37. The van der Waals surface area contributed by atoms with Gasteiger partial charge in [-0.15, -0.1) is 11.3 Å². The van der Waals surface area contributed by atoms with Crippen molar-refractivity contribution in [2.75, 3.05) is 6.54 Å². The molecular formula is C13H16BrN3OS. The summed E-state index contributed by atoms with van der Waals surface area (Å²) in [6.45, 7) is 3.12. The molecule has 0 spiro atoms. The molecule has 1 fully saturated rings. The minimum Gasteiger partial charge on any atom is -0.339 e. The molecule has 0 aromatic carbocycles. The second kappa shape index (κ2) is 5.73. The summed E-state index contributed by atoms with van der Waals surface area (Å²) < 4.78 is 6.45. The first kappa shape index (κ1) is 13.3. The fourth-order valence-corrected chi connectivity index (χ4v) is 3.54. The molecule has 0 aliphatic heterocycles. The van der Waals surface area contributed by atoms with Crippen molar-refractivity contribution in [3.8, 4) is 10.7 Å². The van der Waals surface area contributed by atoms with Gasteiger partial charge in [0.1, 0.15) is 0 Å². The van der Waals surface area contributed by atoms with Crippen molar-refractivity contribution in [2.45, 2.75) is 32.2 Å². The van der Waals surface area contributed by atoms with Crippen LogP contribution in [0.4, 0.5) is 0 Å². The van der Waals surface area contributed by atoms with E-state index < -0.39 is 0 Å². The van der Waals surface area contributed by atoms with Crippen molar-refractivity contribution >= 4 is 27.3 Å². The van der Waals surface area contributed by atoms with Gasteiger partial charge in [0.2, 0.25) is 11.7 Å². The van der Waals surface area contributed by atoms with E-state index in [4.69, 9.17) is 4.52 Å². The largest absolute Gasteiger partial charge is 0.339 e. The van der Waals surface area contributed by atoms with Crippen LogP contribution < -0.4 is 5.32 Å². The minimum atomic E-state index is 0.480. The van der Waals surface area contributed by atoms with E-state index in [9.17, 15) is 0 Å². The lowest BCUT2D eigenvalue weighted by Crippen LogP contribution is -2.33. The van der Waals surface area contributed by atoms with Crippen LogP contribution in [0.25, 0.3) is 10.7 Å². The summed E-state index contributed by atoms with van der Waals surface area (Å²) in [6.07, 6.45) is 3.46. The summed E-state index contributed by atoms with van der Waals surface area (Å²) >= 11 is 5.06. The van der Waals surface area contributed by atoms with Crippen molar-refractivity contribution in [3.63, 3.8) is 0 Å². The zero-order valence-corrected chi connectivity index (χ0v) is 13.1. The normalized spacial score (nSPS) is 16.7. The van der Waals surface area contributed by atoms with Gasteiger partial charge in [-0.05, 0) is 53.4 Å². The van der Waals surface area contributed by atoms with Gasteiger partial charge >= 0.3 is 0 Å². The van der Waals surface area contributed by atoms with E-state index in [0.717, 1.165) is 33.4 Å². The van der Waals surface area contributed by atoms with Gasteiger partial charge in [-0.2, -0.15) is 4.98 Å². The first-order valence-electron chi connectivity index (χ1n) is 6.58. The molecule has 1 atom stereocenters. The van der Waals surface area contributed by atoms with Gasteiger partial charge in [-0.3, -0.25) is 0 Å². The van der Waals surface area contributed by atoms with Crippen molar-refractivity contribution < 1.29 is 4.52 Å². The van der Waals surface area contributed by atoms with Crippen molar-refractivity contribution in [2.24, 2.45) is 5.92 Å². The summed E-state index contributed by atoms with van der Waals surface area (Å²) in [5, 5.41) is 7.58. The van der Waals surface area contributed by atoms with Crippen LogP contribution in [0.5, 0.6) is 0 Å². The second-order valence-corrected chi connectivity index (χ2v) is 7.28. The summed E-state index contributed by atoms with van der Waals surface area (Å²) in [7, 11) is 0. The number of rotatable bonds is 6. The third-order valence-electron chi connectivity index (χ3n) is 3.31. The Kier molecular flexibility index (Phi) is 4.00. The lowest BCUT2D eigenvalue weighted by molar-refractivity contribution is 0.348. The predicted molar refractivity (Wildman–Crippen MR) is 79.2 cm³/mol. The van der Waals surface area contributed by atoms with Gasteiger partial charge in [-0.25, -0.2) is 0 Å². The molecule has 0 saturated heterocycles. The van der Waals surface area contributed by atoms with Crippen molar-refractivity contribution in [1.82, 2.24) is 15.5 Å². The van der Waals surface area contributed by atoms with Gasteiger partial charge in [0.15, 0.2) is 0 Å². The Bertz CT molecular complexity index is 550. The molecule has 0 amide bonds. The molecule has 1 unspecified atom stereocenters. The Labute approximate surface area is 124 Å². The first-order chi connectivity index (χ1) is 9.26. The highest BCUT2D eigenvalue weighted by atomic mass is 79.9. The zero-order chi connectivity index (χ0) is 13.2. The molecule has 102 valence electrons. The highest BCUT2D eigenvalue weighted by Crippen LogP contribution is 2.34. The molecule has 1 aliphatic rings. The van der Waals surface area contributed by atoms with Gasteiger partial charge < -0.3 is 9.84 Å². The number of nitrogens with zero attached hydrogens (tertiary/aromatic N) is 2. The summed E-state index contributed by atoms with van der Waals surface area (Å²) in [4.78, 5) is 5.53. The maximum atomic E-state index is 5.37. The third-order valence-corrected chi connectivity index (χ3v) is 4.93. The summed E-state index contributed by atoms with van der Waals surface area (Å²) in [5.41, 5.74) is 0. The number of hydrogen-bond acceptors (Lipinski definition) is 5. The first-order valence-corrected chi connectivity index (χ1v) is 8.19. The van der Waals surface area contributed by atoms with Gasteiger partial charge in [0.25, 0.3) is 0 Å². The summed E-state index contributed by atoms with van der Waals surface area (Å²) in [5.74, 6) is 2.21. The second-order valence-electron chi connectivity index (χ2n) is 4.82. The van der Waals surface area contributed by atoms with E-state index in [1.807, 2.05) is 12.1 Å². The standard InChI is InChI=1S/C13H16BrN3OS/c1-2-15-9(8-3-4-8)7-12-16-13(17-18-12)10-5-6-11(14)19-10/h5-6,8-9,15H,2-4,7H2,1H3. The number of likely N-dealkylation sites (N-methyl/N-ethyl adjacent to an activating group) is 1. The Morgan fingerprint density at radius 3 is 3.00 bits per heavy atom. The molecule has 0 radical (unpaired) electrons. The zero-order valence-electron chi connectivity index (χ0n) is 10.7. The topological polar surface area (TPSA) is 51.0 Å². The number of aromatic nitrogens is 2. The Hall–Kier alpha value is -0.720. The molecule has 3 rings (SSSR count). The highest BCUT2D eigenvalue weighted by Gasteiger charge is 2.32. The van der Waals surface area contributed by atoms with Crippen LogP contribution in [-0.2, 0) is 6.42 Å². The van der Waals surface area contributed by atoms with Crippen LogP contribution in [0.2, 0.25) is 0 Å². The number of hydrogen-bond donors (Lipinski definition) is 1.